The number of thiazole rings is 1. The Morgan fingerprint density at radius 2 is 2.21 bits per heavy atom. The molecule has 0 fully saturated rings. The summed E-state index contributed by atoms with van der Waals surface area (Å²) in [5.74, 6) is 0. The predicted octanol–water partition coefficient (Wildman–Crippen LogP) is 2.29. The van der Waals surface area contributed by atoms with Gasteiger partial charge in [0.05, 0.1) is 16.0 Å². The second-order valence-corrected chi connectivity index (χ2v) is 8.41. The quantitative estimate of drug-likeness (QED) is 0.585. The molecule has 4 N–H and O–H groups in total. The first kappa shape index (κ1) is 14.6. The van der Waals surface area contributed by atoms with E-state index < -0.39 is 7.60 Å². The number of nitrogens with zero attached hydrogens (tertiary/aromatic N) is 1. The van der Waals surface area contributed by atoms with Crippen LogP contribution in [-0.2, 0) is 4.57 Å². The van der Waals surface area contributed by atoms with Crippen LogP contribution in [-0.4, -0.2) is 20.0 Å². The summed E-state index contributed by atoms with van der Waals surface area (Å²) in [6.07, 6.45) is 1.24. The normalized spacial score (nSPS) is 12.3. The fourth-order valence-electron chi connectivity index (χ4n) is 1.49. The number of hydrogen-bond acceptors (Lipinski definition) is 6. The number of rotatable bonds is 4. The van der Waals surface area contributed by atoms with Gasteiger partial charge < -0.3 is 19.9 Å². The Kier molecular flexibility index (Phi) is 4.08. The molecule has 0 spiro atoms. The van der Waals surface area contributed by atoms with E-state index in [1.165, 1.54) is 23.7 Å². The third-order valence-electron chi connectivity index (χ3n) is 2.12. The van der Waals surface area contributed by atoms with E-state index >= 15 is 0 Å². The molecule has 0 saturated heterocycles. The minimum Gasteiger partial charge on any atom is -0.456 e. The molecular weight excluding hydrogens is 307 g/mol. The molecule has 2 heterocycles. The summed E-state index contributed by atoms with van der Waals surface area (Å²) in [5, 5.41) is 0.667. The van der Waals surface area contributed by atoms with Gasteiger partial charge in [0.15, 0.2) is 5.13 Å². The van der Waals surface area contributed by atoms with E-state index in [9.17, 15) is 14.4 Å². The van der Waals surface area contributed by atoms with Crippen molar-refractivity contribution in [3.63, 3.8) is 0 Å². The Morgan fingerprint density at radius 1 is 1.53 bits per heavy atom. The summed E-state index contributed by atoms with van der Waals surface area (Å²) in [4.78, 5) is 22.7. The molecule has 0 aromatic carbocycles. The zero-order valence-corrected chi connectivity index (χ0v) is 12.8. The molecule has 0 unspecified atom stereocenters. The molecule has 19 heavy (non-hydrogen) atoms. The van der Waals surface area contributed by atoms with Crippen LogP contribution in [0.3, 0.4) is 0 Å². The van der Waals surface area contributed by atoms with Gasteiger partial charge in [-0.1, -0.05) is 25.2 Å². The van der Waals surface area contributed by atoms with Crippen molar-refractivity contribution >= 4 is 41.3 Å². The van der Waals surface area contributed by atoms with Crippen LogP contribution in [0, 0.1) is 0 Å². The standard InChI is InChI=1S/C10H13N2O4PS2/c1-5(2)18-9-7(12-10(11)19-9)6-3-4-16-8(6)17(13,14)15/h3-5H,1-2H3,(H2,11,12)(H2,13,14,15). The van der Waals surface area contributed by atoms with Gasteiger partial charge >= 0.3 is 7.60 Å². The van der Waals surface area contributed by atoms with Crippen molar-refractivity contribution in [3.05, 3.63) is 12.3 Å². The largest absolute Gasteiger partial charge is 0.456 e. The summed E-state index contributed by atoms with van der Waals surface area (Å²) in [5.41, 5.74) is 6.08. The Bertz CT molecular complexity index is 631. The average Bonchev–Trinajstić information content (AvgIpc) is 2.82. The van der Waals surface area contributed by atoms with Crippen LogP contribution in [0.15, 0.2) is 21.0 Å². The molecule has 2 aromatic rings. The molecule has 0 aliphatic heterocycles. The lowest BCUT2D eigenvalue weighted by Crippen LogP contribution is -2.04. The van der Waals surface area contributed by atoms with Gasteiger partial charge in [-0.25, -0.2) is 4.98 Å². The van der Waals surface area contributed by atoms with Crippen LogP contribution < -0.4 is 11.2 Å². The van der Waals surface area contributed by atoms with Crippen molar-refractivity contribution < 1.29 is 18.8 Å². The smallest absolute Gasteiger partial charge is 0.391 e. The summed E-state index contributed by atoms with van der Waals surface area (Å²) in [6.45, 7) is 4.03. The Balaban J connectivity index is 2.54. The number of hydrogen-bond donors (Lipinski definition) is 3. The van der Waals surface area contributed by atoms with Gasteiger partial charge in [0, 0.05) is 5.25 Å². The Labute approximate surface area is 118 Å². The van der Waals surface area contributed by atoms with E-state index in [0.29, 0.717) is 21.6 Å². The van der Waals surface area contributed by atoms with E-state index in [2.05, 4.69) is 4.98 Å². The molecule has 0 aliphatic rings. The van der Waals surface area contributed by atoms with Crippen molar-refractivity contribution in [2.45, 2.75) is 23.3 Å². The van der Waals surface area contributed by atoms with E-state index in [-0.39, 0.29) is 5.50 Å². The van der Waals surface area contributed by atoms with Crippen LogP contribution >= 0.6 is 30.7 Å². The molecule has 0 atom stereocenters. The van der Waals surface area contributed by atoms with Crippen molar-refractivity contribution in [1.29, 1.82) is 0 Å². The Morgan fingerprint density at radius 3 is 2.79 bits per heavy atom. The predicted molar refractivity (Wildman–Crippen MR) is 76.9 cm³/mol. The summed E-state index contributed by atoms with van der Waals surface area (Å²) >= 11 is 2.84. The van der Waals surface area contributed by atoms with Crippen LogP contribution in [0.5, 0.6) is 0 Å². The van der Waals surface area contributed by atoms with E-state index in [0.717, 1.165) is 4.21 Å². The molecule has 0 saturated carbocycles. The number of furan rings is 1. The minimum absolute atomic E-state index is 0.296. The first-order chi connectivity index (χ1) is 8.79. The lowest BCUT2D eigenvalue weighted by Gasteiger charge is -2.05. The third kappa shape index (κ3) is 3.21. The molecular formula is C10H13N2O4PS2. The maximum atomic E-state index is 11.4. The lowest BCUT2D eigenvalue weighted by atomic mass is 10.3. The average molecular weight is 320 g/mol. The lowest BCUT2D eigenvalue weighted by molar-refractivity contribution is 0.377. The second kappa shape index (κ2) is 5.30. The minimum atomic E-state index is -4.47. The maximum Gasteiger partial charge on any atom is 0.391 e. The van der Waals surface area contributed by atoms with Crippen LogP contribution in [0.25, 0.3) is 11.3 Å². The highest BCUT2D eigenvalue weighted by atomic mass is 32.2. The van der Waals surface area contributed by atoms with Gasteiger partial charge in [-0.2, -0.15) is 0 Å². The molecule has 2 rings (SSSR count). The zero-order valence-electron chi connectivity index (χ0n) is 10.2. The van der Waals surface area contributed by atoms with Gasteiger partial charge in [-0.3, -0.25) is 4.57 Å². The second-order valence-electron chi connectivity index (χ2n) is 4.04. The van der Waals surface area contributed by atoms with E-state index in [1.54, 1.807) is 11.8 Å². The molecule has 0 amide bonds. The van der Waals surface area contributed by atoms with Gasteiger partial charge in [0.25, 0.3) is 0 Å². The monoisotopic (exact) mass is 320 g/mol. The number of anilines is 1. The first-order valence-corrected chi connectivity index (χ1v) is 8.67. The summed E-state index contributed by atoms with van der Waals surface area (Å²) in [7, 11) is -4.47. The summed E-state index contributed by atoms with van der Waals surface area (Å²) < 4.78 is 17.1. The SMILES string of the molecule is CC(C)Sc1sc(N)nc1-c1ccoc1P(=O)(O)O. The Hall–Kier alpha value is -0.790. The topological polar surface area (TPSA) is 110 Å². The van der Waals surface area contributed by atoms with Crippen molar-refractivity contribution in [2.75, 3.05) is 5.73 Å². The van der Waals surface area contributed by atoms with E-state index in [1.807, 2.05) is 13.8 Å². The number of nitrogens with two attached hydrogens (primary N) is 1. The fraction of sp³-hybridized carbons (Fsp3) is 0.300. The van der Waals surface area contributed by atoms with Crippen LogP contribution in [0.1, 0.15) is 13.8 Å². The third-order valence-corrected chi connectivity index (χ3v) is 5.09. The highest BCUT2D eigenvalue weighted by Gasteiger charge is 2.29. The van der Waals surface area contributed by atoms with Gasteiger partial charge in [0.1, 0.15) is 5.69 Å². The fourth-order valence-corrected chi connectivity index (χ4v) is 4.49. The molecule has 0 bridgehead atoms. The van der Waals surface area contributed by atoms with Crippen molar-refractivity contribution in [1.82, 2.24) is 4.98 Å². The highest BCUT2D eigenvalue weighted by molar-refractivity contribution is 8.01. The van der Waals surface area contributed by atoms with Gasteiger partial charge in [-0.15, -0.1) is 11.8 Å². The molecule has 104 valence electrons. The molecule has 0 radical (unpaired) electrons. The van der Waals surface area contributed by atoms with Crippen LogP contribution in [0.4, 0.5) is 5.13 Å². The van der Waals surface area contributed by atoms with Crippen molar-refractivity contribution in [3.8, 4) is 11.3 Å². The van der Waals surface area contributed by atoms with Gasteiger partial charge in [-0.05, 0) is 6.07 Å². The summed E-state index contributed by atoms with van der Waals surface area (Å²) in [6, 6.07) is 1.49. The maximum absolute atomic E-state index is 11.4. The first-order valence-electron chi connectivity index (χ1n) is 5.36. The van der Waals surface area contributed by atoms with E-state index in [4.69, 9.17) is 10.2 Å². The molecule has 2 aromatic heterocycles. The molecule has 6 nitrogen and oxygen atoms in total. The highest BCUT2D eigenvalue weighted by Crippen LogP contribution is 2.43. The number of thioether (sulfide) groups is 1. The molecule has 9 heteroatoms. The molecule has 0 aliphatic carbocycles. The van der Waals surface area contributed by atoms with Crippen LogP contribution in [0.2, 0.25) is 0 Å². The van der Waals surface area contributed by atoms with Gasteiger partial charge in [0.2, 0.25) is 5.50 Å². The van der Waals surface area contributed by atoms with Crippen molar-refractivity contribution in [2.24, 2.45) is 0 Å². The zero-order chi connectivity index (χ0) is 14.2. The number of aromatic nitrogens is 1. The number of nitrogen functional groups attached to an aromatic ring is 1.